The number of morpholine rings is 1. The van der Waals surface area contributed by atoms with Crippen molar-refractivity contribution in [3.05, 3.63) is 59.3 Å². The summed E-state index contributed by atoms with van der Waals surface area (Å²) in [5.74, 6) is 0. The number of nitrogens with zero attached hydrogens (tertiary/aromatic N) is 3. The Morgan fingerprint density at radius 3 is 2.00 bits per heavy atom. The molecule has 2 aromatic rings. The second-order valence-electron chi connectivity index (χ2n) is 5.51. The molecule has 0 spiro atoms. The van der Waals surface area contributed by atoms with Crippen molar-refractivity contribution in [2.75, 3.05) is 42.7 Å². The van der Waals surface area contributed by atoms with Gasteiger partial charge in [0.25, 0.3) is 0 Å². The lowest BCUT2D eigenvalue weighted by Crippen LogP contribution is -2.36. The smallest absolute Gasteiger partial charge is 0.210 e. The fourth-order valence-electron chi connectivity index (χ4n) is 2.35. The first-order valence-corrected chi connectivity index (χ1v) is 10.3. The van der Waals surface area contributed by atoms with Crippen molar-refractivity contribution in [1.82, 2.24) is 0 Å². The van der Waals surface area contributed by atoms with Gasteiger partial charge in [-0.05, 0) is 69.4 Å². The number of anilines is 3. The fraction of sp³-hybridized carbons (Fsp3) is 0.222. The van der Waals surface area contributed by atoms with Crippen molar-refractivity contribution >= 4 is 85.2 Å². The Bertz CT molecular complexity index is 917. The minimum absolute atomic E-state index is 0.415. The maximum atomic E-state index is 7.19. The summed E-state index contributed by atoms with van der Waals surface area (Å²) in [4.78, 5) is 8.94. The highest BCUT2D eigenvalue weighted by molar-refractivity contribution is 14.1. The average molecular weight is 608 g/mol. The number of rotatable bonds is 1. The van der Waals surface area contributed by atoms with Gasteiger partial charge < -0.3 is 21.1 Å². The minimum atomic E-state index is 0.415. The summed E-state index contributed by atoms with van der Waals surface area (Å²) in [5, 5.41) is 0.415. The molecule has 0 amide bonds. The molecule has 1 saturated heterocycles. The summed E-state index contributed by atoms with van der Waals surface area (Å²) in [7, 11) is 0. The molecule has 0 radical (unpaired) electrons. The van der Waals surface area contributed by atoms with Gasteiger partial charge in [0.2, 0.25) is 11.4 Å². The molecular weight excluding hydrogens is 591 g/mol. The lowest BCUT2D eigenvalue weighted by atomic mass is 10.2. The SMILES string of the molecule is [C-]#[N+]c1cc(I)c(N)cc1Cl.[C-]#[N+]c1cc(I)c(N)cc1N1CCOCC1. The first kappa shape index (κ1) is 21.8. The topological polar surface area (TPSA) is 73.2 Å². The van der Waals surface area contributed by atoms with Crippen molar-refractivity contribution in [3.8, 4) is 0 Å². The maximum Gasteiger partial charge on any atom is 0.210 e. The summed E-state index contributed by atoms with van der Waals surface area (Å²) in [6, 6.07) is 7.00. The van der Waals surface area contributed by atoms with Gasteiger partial charge >= 0.3 is 0 Å². The molecule has 1 heterocycles. The largest absolute Gasteiger partial charge is 0.398 e. The molecule has 1 fully saturated rings. The molecule has 1 aliphatic heterocycles. The minimum Gasteiger partial charge on any atom is -0.398 e. The van der Waals surface area contributed by atoms with Crippen LogP contribution >= 0.6 is 56.8 Å². The molecular formula is C18H16ClI2N5O. The zero-order valence-electron chi connectivity index (χ0n) is 14.2. The van der Waals surface area contributed by atoms with Gasteiger partial charge in [-0.25, -0.2) is 9.69 Å². The first-order valence-electron chi connectivity index (χ1n) is 7.78. The van der Waals surface area contributed by atoms with E-state index in [1.165, 1.54) is 0 Å². The normalized spacial score (nSPS) is 13.1. The summed E-state index contributed by atoms with van der Waals surface area (Å²) >= 11 is 9.92. The predicted molar refractivity (Wildman–Crippen MR) is 128 cm³/mol. The number of hydrogen-bond donors (Lipinski definition) is 2. The van der Waals surface area contributed by atoms with Crippen LogP contribution in [-0.2, 0) is 4.74 Å². The van der Waals surface area contributed by atoms with Crippen molar-refractivity contribution in [3.63, 3.8) is 0 Å². The number of nitrogen functional groups attached to an aromatic ring is 2. The lowest BCUT2D eigenvalue weighted by molar-refractivity contribution is 0.123. The third-order valence-corrected chi connectivity index (χ3v) is 5.92. The van der Waals surface area contributed by atoms with Gasteiger partial charge in [-0.1, -0.05) is 11.6 Å². The van der Waals surface area contributed by atoms with E-state index < -0.39 is 0 Å². The Kier molecular flexibility index (Phi) is 8.23. The van der Waals surface area contributed by atoms with Gasteiger partial charge in [0.1, 0.15) is 0 Å². The third-order valence-electron chi connectivity index (χ3n) is 3.75. The van der Waals surface area contributed by atoms with Crippen LogP contribution in [0.4, 0.5) is 28.4 Å². The molecule has 0 aromatic heterocycles. The molecule has 2 aromatic carbocycles. The molecule has 4 N–H and O–H groups in total. The van der Waals surface area contributed by atoms with Crippen LogP contribution in [0.1, 0.15) is 0 Å². The van der Waals surface area contributed by atoms with Crippen LogP contribution in [0, 0.1) is 20.3 Å². The monoisotopic (exact) mass is 607 g/mol. The lowest BCUT2D eigenvalue weighted by Gasteiger charge is -2.30. The Morgan fingerprint density at radius 2 is 1.44 bits per heavy atom. The highest BCUT2D eigenvalue weighted by Gasteiger charge is 2.16. The fourth-order valence-corrected chi connectivity index (χ4v) is 3.47. The van der Waals surface area contributed by atoms with E-state index in [9.17, 15) is 0 Å². The maximum absolute atomic E-state index is 7.19. The van der Waals surface area contributed by atoms with Crippen LogP contribution in [0.3, 0.4) is 0 Å². The second kappa shape index (κ2) is 10.2. The van der Waals surface area contributed by atoms with Crippen LogP contribution in [0.25, 0.3) is 9.69 Å². The zero-order chi connectivity index (χ0) is 20.0. The van der Waals surface area contributed by atoms with Gasteiger partial charge in [-0.2, -0.15) is 0 Å². The molecule has 1 aliphatic rings. The quantitative estimate of drug-likeness (QED) is 0.261. The zero-order valence-corrected chi connectivity index (χ0v) is 19.2. The van der Waals surface area contributed by atoms with Gasteiger partial charge in [0.15, 0.2) is 0 Å². The predicted octanol–water partition coefficient (Wildman–Crippen LogP) is 5.34. The molecule has 27 heavy (non-hydrogen) atoms. The van der Waals surface area contributed by atoms with Gasteiger partial charge in [-0.3, -0.25) is 0 Å². The molecule has 6 nitrogen and oxygen atoms in total. The number of ether oxygens (including phenoxy) is 1. The van der Waals surface area contributed by atoms with Crippen molar-refractivity contribution < 1.29 is 4.74 Å². The highest BCUT2D eigenvalue weighted by atomic mass is 127. The molecule has 0 saturated carbocycles. The Hall–Kier alpha value is -1.47. The van der Waals surface area contributed by atoms with E-state index in [2.05, 4.69) is 59.8 Å². The van der Waals surface area contributed by atoms with Crippen LogP contribution in [-0.4, -0.2) is 26.3 Å². The average Bonchev–Trinajstić information content (AvgIpc) is 2.67. The third kappa shape index (κ3) is 5.75. The first-order chi connectivity index (χ1) is 12.9. The van der Waals surface area contributed by atoms with E-state index in [0.717, 1.165) is 31.6 Å². The Balaban J connectivity index is 0.000000208. The van der Waals surface area contributed by atoms with Crippen LogP contribution in [0.5, 0.6) is 0 Å². The van der Waals surface area contributed by atoms with Gasteiger partial charge in [0.05, 0.1) is 26.4 Å². The summed E-state index contributed by atoms with van der Waals surface area (Å²) in [6.07, 6.45) is 0. The van der Waals surface area contributed by atoms with E-state index in [4.69, 9.17) is 40.9 Å². The number of nitrogens with two attached hydrogens (primary N) is 2. The van der Waals surface area contributed by atoms with E-state index in [1.807, 2.05) is 12.1 Å². The van der Waals surface area contributed by atoms with Crippen molar-refractivity contribution in [2.24, 2.45) is 0 Å². The van der Waals surface area contributed by atoms with Gasteiger partial charge in [-0.15, -0.1) is 0 Å². The summed E-state index contributed by atoms with van der Waals surface area (Å²) in [6.45, 7) is 17.0. The summed E-state index contributed by atoms with van der Waals surface area (Å²) < 4.78 is 7.09. The number of hydrogen-bond acceptors (Lipinski definition) is 4. The molecule has 140 valence electrons. The standard InChI is InChI=1S/C11H12IN3O.C7H4ClIN2/c1-14-10-6-8(12)9(13)7-11(10)15-2-4-16-5-3-15;1-11-7-3-5(9)6(10)2-4(7)8/h6-7H,2-5,13H2;2-3H,10H2. The molecule has 0 atom stereocenters. The molecule has 0 aliphatic carbocycles. The van der Waals surface area contributed by atoms with Crippen LogP contribution < -0.4 is 16.4 Å². The number of benzene rings is 2. The van der Waals surface area contributed by atoms with E-state index in [0.29, 0.717) is 35.3 Å². The second-order valence-corrected chi connectivity index (χ2v) is 8.24. The van der Waals surface area contributed by atoms with Crippen LogP contribution in [0.2, 0.25) is 5.02 Å². The van der Waals surface area contributed by atoms with Gasteiger partial charge in [0, 0.05) is 42.3 Å². The molecule has 3 rings (SSSR count). The van der Waals surface area contributed by atoms with E-state index >= 15 is 0 Å². The summed E-state index contributed by atoms with van der Waals surface area (Å²) in [5.41, 5.74) is 14.8. The molecule has 0 unspecified atom stereocenters. The van der Waals surface area contributed by atoms with Crippen molar-refractivity contribution in [1.29, 1.82) is 0 Å². The Morgan fingerprint density at radius 1 is 0.926 bits per heavy atom. The van der Waals surface area contributed by atoms with Crippen molar-refractivity contribution in [2.45, 2.75) is 0 Å². The number of halogens is 3. The van der Waals surface area contributed by atoms with E-state index in [1.54, 1.807) is 12.1 Å². The molecule has 0 bridgehead atoms. The Labute approximate surface area is 190 Å². The van der Waals surface area contributed by atoms with Crippen LogP contribution in [0.15, 0.2) is 24.3 Å². The highest BCUT2D eigenvalue weighted by Crippen LogP contribution is 2.34. The molecule has 9 heteroatoms. The van der Waals surface area contributed by atoms with E-state index in [-0.39, 0.29) is 0 Å².